The molecule has 17 heavy (non-hydrogen) atoms. The fourth-order valence-electron chi connectivity index (χ4n) is 2.28. The largest absolute Gasteiger partial charge is 0.423 e. The van der Waals surface area contributed by atoms with Crippen molar-refractivity contribution in [2.75, 3.05) is 0 Å². The van der Waals surface area contributed by atoms with Crippen LogP contribution in [0.3, 0.4) is 0 Å². The van der Waals surface area contributed by atoms with Gasteiger partial charge in [-0.05, 0) is 30.7 Å². The van der Waals surface area contributed by atoms with Crippen molar-refractivity contribution in [2.24, 2.45) is 0 Å². The molecular weight excluding hydrogens is 212 g/mol. The van der Waals surface area contributed by atoms with Crippen LogP contribution in [0.1, 0.15) is 17.8 Å². The Morgan fingerprint density at radius 1 is 1.12 bits per heavy atom. The van der Waals surface area contributed by atoms with Gasteiger partial charge in [-0.2, -0.15) is 4.98 Å². The van der Waals surface area contributed by atoms with Crippen LogP contribution in [0.15, 0.2) is 40.8 Å². The second-order valence-corrected chi connectivity index (χ2v) is 4.11. The average Bonchev–Trinajstić information content (AvgIpc) is 2.77. The highest BCUT2D eigenvalue weighted by molar-refractivity contribution is 5.80. The van der Waals surface area contributed by atoms with Crippen LogP contribution in [0.25, 0.3) is 29.1 Å². The number of imidazole rings is 1. The molecule has 0 saturated heterocycles. The summed E-state index contributed by atoms with van der Waals surface area (Å²) in [5, 5.41) is 0. The van der Waals surface area contributed by atoms with E-state index in [1.54, 1.807) is 0 Å². The van der Waals surface area contributed by atoms with Gasteiger partial charge in [0.05, 0.1) is 16.9 Å². The monoisotopic (exact) mass is 222 g/mol. The van der Waals surface area contributed by atoms with Crippen LogP contribution in [0.2, 0.25) is 0 Å². The lowest BCUT2D eigenvalue weighted by Crippen LogP contribution is -1.84. The van der Waals surface area contributed by atoms with E-state index in [0.717, 1.165) is 28.9 Å². The van der Waals surface area contributed by atoms with Crippen molar-refractivity contribution in [3.63, 3.8) is 0 Å². The molecule has 1 aliphatic rings. The lowest BCUT2D eigenvalue weighted by molar-refractivity contribution is 0.641. The van der Waals surface area contributed by atoms with Gasteiger partial charge in [-0.15, -0.1) is 0 Å². The number of allylic oxidation sites excluding steroid dienone is 2. The summed E-state index contributed by atoms with van der Waals surface area (Å²) >= 11 is 0. The first-order valence-corrected chi connectivity index (χ1v) is 5.66. The Kier molecular flexibility index (Phi) is 1.61. The topological polar surface area (TPSA) is 30.4 Å². The number of hydrogen-bond donors (Lipinski definition) is 0. The molecule has 1 aliphatic carbocycles. The van der Waals surface area contributed by atoms with Gasteiger partial charge in [0, 0.05) is 0 Å². The Balaban J connectivity index is 2.22. The SMILES string of the molecule is C1=Cc2nc3oc4ccccc4n3c2C=CC1. The zero-order chi connectivity index (χ0) is 11.2. The van der Waals surface area contributed by atoms with Crippen molar-refractivity contribution in [3.05, 3.63) is 47.8 Å². The lowest BCUT2D eigenvalue weighted by atomic mass is 10.3. The first-order chi connectivity index (χ1) is 8.43. The van der Waals surface area contributed by atoms with E-state index >= 15 is 0 Å². The summed E-state index contributed by atoms with van der Waals surface area (Å²) in [5.41, 5.74) is 4.01. The summed E-state index contributed by atoms with van der Waals surface area (Å²) in [5.74, 6) is 0.660. The molecule has 3 heteroatoms. The third-order valence-corrected chi connectivity index (χ3v) is 3.04. The number of aromatic nitrogens is 2. The van der Waals surface area contributed by atoms with Crippen LogP contribution in [-0.4, -0.2) is 9.38 Å². The van der Waals surface area contributed by atoms with Gasteiger partial charge in [0.1, 0.15) is 0 Å². The molecule has 0 atom stereocenters. The van der Waals surface area contributed by atoms with Crippen molar-refractivity contribution >= 4 is 29.1 Å². The minimum Gasteiger partial charge on any atom is -0.423 e. The molecule has 2 heterocycles. The van der Waals surface area contributed by atoms with Crippen molar-refractivity contribution in [1.82, 2.24) is 9.38 Å². The third kappa shape index (κ3) is 1.13. The lowest BCUT2D eigenvalue weighted by Gasteiger charge is -1.93. The van der Waals surface area contributed by atoms with E-state index in [2.05, 4.69) is 33.7 Å². The number of para-hydroxylation sites is 2. The average molecular weight is 222 g/mol. The van der Waals surface area contributed by atoms with Gasteiger partial charge in [-0.25, -0.2) is 0 Å². The van der Waals surface area contributed by atoms with Crippen LogP contribution in [0.4, 0.5) is 0 Å². The molecule has 0 aliphatic heterocycles. The van der Waals surface area contributed by atoms with E-state index in [1.807, 2.05) is 24.3 Å². The first kappa shape index (κ1) is 8.82. The number of oxazole rings is 1. The summed E-state index contributed by atoms with van der Waals surface area (Å²) in [6.45, 7) is 0. The number of hydrogen-bond acceptors (Lipinski definition) is 2. The zero-order valence-electron chi connectivity index (χ0n) is 9.13. The highest BCUT2D eigenvalue weighted by Crippen LogP contribution is 2.26. The van der Waals surface area contributed by atoms with E-state index < -0.39 is 0 Å². The molecule has 4 rings (SSSR count). The predicted octanol–water partition coefficient (Wildman–Crippen LogP) is 3.51. The zero-order valence-corrected chi connectivity index (χ0v) is 9.13. The highest BCUT2D eigenvalue weighted by Gasteiger charge is 2.15. The quantitative estimate of drug-likeness (QED) is 0.582. The van der Waals surface area contributed by atoms with E-state index in [0.29, 0.717) is 5.84 Å². The molecule has 0 fully saturated rings. The maximum atomic E-state index is 5.73. The van der Waals surface area contributed by atoms with Crippen molar-refractivity contribution in [3.8, 4) is 0 Å². The summed E-state index contributed by atoms with van der Waals surface area (Å²) in [6.07, 6.45) is 9.35. The summed E-state index contributed by atoms with van der Waals surface area (Å²) in [7, 11) is 0. The van der Waals surface area contributed by atoms with Crippen LogP contribution in [0.5, 0.6) is 0 Å². The molecule has 0 bridgehead atoms. The molecule has 3 aromatic rings. The van der Waals surface area contributed by atoms with Gasteiger partial charge >= 0.3 is 5.84 Å². The Morgan fingerprint density at radius 2 is 2.00 bits per heavy atom. The molecule has 2 aromatic heterocycles. The normalized spacial score (nSPS) is 14.4. The van der Waals surface area contributed by atoms with Crippen molar-refractivity contribution in [2.45, 2.75) is 6.42 Å². The molecular formula is C14H10N2O. The molecule has 0 unspecified atom stereocenters. The minimum atomic E-state index is 0.660. The Hall–Kier alpha value is -2.29. The first-order valence-electron chi connectivity index (χ1n) is 5.66. The molecule has 0 radical (unpaired) electrons. The molecule has 0 saturated carbocycles. The van der Waals surface area contributed by atoms with Gasteiger partial charge in [0.25, 0.3) is 0 Å². The third-order valence-electron chi connectivity index (χ3n) is 3.04. The van der Waals surface area contributed by atoms with Crippen LogP contribution >= 0.6 is 0 Å². The second kappa shape index (κ2) is 3.10. The number of rotatable bonds is 0. The van der Waals surface area contributed by atoms with Crippen LogP contribution in [0, 0.1) is 0 Å². The number of fused-ring (bicyclic) bond motifs is 5. The summed E-state index contributed by atoms with van der Waals surface area (Å²) in [4.78, 5) is 4.51. The van der Waals surface area contributed by atoms with E-state index in [4.69, 9.17) is 4.42 Å². The summed E-state index contributed by atoms with van der Waals surface area (Å²) in [6, 6.07) is 8.00. The van der Waals surface area contributed by atoms with Crippen molar-refractivity contribution in [1.29, 1.82) is 0 Å². The Morgan fingerprint density at radius 3 is 3.00 bits per heavy atom. The Bertz CT molecular complexity index is 774. The smallest absolute Gasteiger partial charge is 0.307 e. The number of nitrogens with zero attached hydrogens (tertiary/aromatic N) is 2. The van der Waals surface area contributed by atoms with Gasteiger partial charge in [0.15, 0.2) is 5.58 Å². The van der Waals surface area contributed by atoms with Gasteiger partial charge < -0.3 is 4.42 Å². The predicted molar refractivity (Wildman–Crippen MR) is 67.6 cm³/mol. The van der Waals surface area contributed by atoms with Crippen LogP contribution < -0.4 is 0 Å². The molecule has 0 N–H and O–H groups in total. The van der Waals surface area contributed by atoms with E-state index in [1.165, 1.54) is 0 Å². The highest BCUT2D eigenvalue weighted by atomic mass is 16.4. The maximum absolute atomic E-state index is 5.73. The maximum Gasteiger partial charge on any atom is 0.307 e. The van der Waals surface area contributed by atoms with Gasteiger partial charge in [-0.1, -0.05) is 24.3 Å². The Labute approximate surface area is 97.7 Å². The van der Waals surface area contributed by atoms with Crippen LogP contribution in [-0.2, 0) is 0 Å². The summed E-state index contributed by atoms with van der Waals surface area (Å²) < 4.78 is 7.80. The van der Waals surface area contributed by atoms with Gasteiger partial charge in [0.2, 0.25) is 0 Å². The molecule has 3 nitrogen and oxygen atoms in total. The van der Waals surface area contributed by atoms with Gasteiger partial charge in [-0.3, -0.25) is 4.40 Å². The van der Waals surface area contributed by atoms with Crippen molar-refractivity contribution < 1.29 is 4.42 Å². The molecule has 0 spiro atoms. The van der Waals surface area contributed by atoms with E-state index in [9.17, 15) is 0 Å². The molecule has 82 valence electrons. The standard InChI is InChI=1S/C14H10N2O/c1-2-6-10-11(7-3-1)16-12-8-4-5-9-13(12)17-14(16)15-10/h2-9H,1H2. The fraction of sp³-hybridized carbons (Fsp3) is 0.0714. The van der Waals surface area contributed by atoms with E-state index in [-0.39, 0.29) is 0 Å². The second-order valence-electron chi connectivity index (χ2n) is 4.11. The fourth-order valence-corrected chi connectivity index (χ4v) is 2.28. The molecule has 0 amide bonds. The molecule has 1 aromatic carbocycles. The minimum absolute atomic E-state index is 0.660. The number of benzene rings is 1.